The van der Waals surface area contributed by atoms with Gasteiger partial charge in [-0.3, -0.25) is 0 Å². The maximum Gasteiger partial charge on any atom is 0.330 e. The van der Waals surface area contributed by atoms with Gasteiger partial charge >= 0.3 is 5.97 Å². The van der Waals surface area contributed by atoms with E-state index in [1.165, 1.54) is 6.08 Å². The minimum atomic E-state index is -0.372. The first kappa shape index (κ1) is 11.2. The Morgan fingerprint density at radius 2 is 2.29 bits per heavy atom. The fourth-order valence-electron chi connectivity index (χ4n) is 1.81. The lowest BCUT2D eigenvalue weighted by Gasteiger charge is -2.44. The zero-order valence-corrected chi connectivity index (χ0v) is 8.91. The number of esters is 1. The molecule has 0 aromatic carbocycles. The lowest BCUT2D eigenvalue weighted by Crippen LogP contribution is -2.51. The van der Waals surface area contributed by atoms with Crippen LogP contribution in [0.2, 0.25) is 0 Å². The van der Waals surface area contributed by atoms with Gasteiger partial charge in [-0.1, -0.05) is 6.58 Å². The van der Waals surface area contributed by atoms with Crippen LogP contribution in [0.5, 0.6) is 0 Å². The predicted octanol–water partition coefficient (Wildman–Crippen LogP) is 2.06. The van der Waals surface area contributed by atoms with E-state index in [4.69, 9.17) is 9.47 Å². The van der Waals surface area contributed by atoms with Crippen molar-refractivity contribution in [2.75, 3.05) is 6.61 Å². The van der Waals surface area contributed by atoms with Gasteiger partial charge < -0.3 is 9.47 Å². The lowest BCUT2D eigenvalue weighted by atomic mass is 9.76. The largest absolute Gasteiger partial charge is 0.456 e. The minimum absolute atomic E-state index is 0.179. The van der Waals surface area contributed by atoms with Crippen molar-refractivity contribution in [1.82, 2.24) is 0 Å². The Labute approximate surface area is 85.1 Å². The molecule has 1 aliphatic carbocycles. The second kappa shape index (κ2) is 4.60. The van der Waals surface area contributed by atoms with Crippen LogP contribution in [0.4, 0.5) is 0 Å². The van der Waals surface area contributed by atoms with Gasteiger partial charge in [0, 0.05) is 12.7 Å². The Balaban J connectivity index is 2.51. The highest BCUT2D eigenvalue weighted by molar-refractivity contribution is 5.81. The molecule has 0 aromatic rings. The summed E-state index contributed by atoms with van der Waals surface area (Å²) in [5.74, 6) is -0.372. The van der Waals surface area contributed by atoms with Crippen LogP contribution in [0, 0.1) is 0 Å². The summed E-state index contributed by atoms with van der Waals surface area (Å²) in [7, 11) is 0. The quantitative estimate of drug-likeness (QED) is 0.501. The molecule has 14 heavy (non-hydrogen) atoms. The SMILES string of the molecule is C=CC(=O)OC(C)C1(OCC)CCC1. The Morgan fingerprint density at radius 1 is 1.64 bits per heavy atom. The van der Waals surface area contributed by atoms with Gasteiger partial charge in [0.25, 0.3) is 0 Å². The summed E-state index contributed by atoms with van der Waals surface area (Å²) < 4.78 is 10.8. The average molecular weight is 198 g/mol. The number of hydrogen-bond donors (Lipinski definition) is 0. The van der Waals surface area contributed by atoms with Crippen molar-refractivity contribution >= 4 is 5.97 Å². The first-order valence-corrected chi connectivity index (χ1v) is 5.11. The van der Waals surface area contributed by atoms with E-state index in [-0.39, 0.29) is 17.7 Å². The maximum absolute atomic E-state index is 11.0. The summed E-state index contributed by atoms with van der Waals surface area (Å²) in [6, 6.07) is 0. The van der Waals surface area contributed by atoms with Gasteiger partial charge in [0.15, 0.2) is 0 Å². The maximum atomic E-state index is 11.0. The van der Waals surface area contributed by atoms with Gasteiger partial charge in [-0.25, -0.2) is 4.79 Å². The first-order chi connectivity index (χ1) is 6.64. The summed E-state index contributed by atoms with van der Waals surface area (Å²) in [4.78, 5) is 11.0. The monoisotopic (exact) mass is 198 g/mol. The molecule has 0 N–H and O–H groups in total. The van der Waals surface area contributed by atoms with Crippen LogP contribution in [0.1, 0.15) is 33.1 Å². The van der Waals surface area contributed by atoms with Crippen molar-refractivity contribution in [3.63, 3.8) is 0 Å². The number of rotatable bonds is 5. The third kappa shape index (κ3) is 2.15. The van der Waals surface area contributed by atoms with E-state index in [2.05, 4.69) is 6.58 Å². The highest BCUT2D eigenvalue weighted by atomic mass is 16.6. The smallest absolute Gasteiger partial charge is 0.330 e. The fourth-order valence-corrected chi connectivity index (χ4v) is 1.81. The van der Waals surface area contributed by atoms with Gasteiger partial charge in [-0.05, 0) is 33.1 Å². The predicted molar refractivity (Wildman–Crippen MR) is 54.0 cm³/mol. The van der Waals surface area contributed by atoms with Crippen molar-refractivity contribution < 1.29 is 14.3 Å². The molecule has 1 rings (SSSR count). The van der Waals surface area contributed by atoms with Crippen LogP contribution in [0.15, 0.2) is 12.7 Å². The topological polar surface area (TPSA) is 35.5 Å². The van der Waals surface area contributed by atoms with Crippen molar-refractivity contribution in [2.24, 2.45) is 0 Å². The van der Waals surface area contributed by atoms with E-state index in [0.29, 0.717) is 6.61 Å². The number of ether oxygens (including phenoxy) is 2. The van der Waals surface area contributed by atoms with Crippen molar-refractivity contribution in [1.29, 1.82) is 0 Å². The average Bonchev–Trinajstić information content (AvgIpc) is 2.10. The molecule has 0 bridgehead atoms. The summed E-state index contributed by atoms with van der Waals surface area (Å²) in [6.45, 7) is 7.88. The van der Waals surface area contributed by atoms with Gasteiger partial charge in [-0.2, -0.15) is 0 Å². The molecule has 0 aromatic heterocycles. The number of carbonyl (C=O) groups is 1. The molecule has 80 valence electrons. The van der Waals surface area contributed by atoms with Gasteiger partial charge in [0.05, 0.1) is 0 Å². The molecule has 0 saturated heterocycles. The summed E-state index contributed by atoms with van der Waals surface area (Å²) in [5, 5.41) is 0. The third-order valence-electron chi connectivity index (χ3n) is 2.83. The summed E-state index contributed by atoms with van der Waals surface area (Å²) >= 11 is 0. The van der Waals surface area contributed by atoms with Crippen LogP contribution in [0.3, 0.4) is 0 Å². The molecule has 1 unspecified atom stereocenters. The van der Waals surface area contributed by atoms with Crippen LogP contribution in [-0.4, -0.2) is 24.3 Å². The van der Waals surface area contributed by atoms with Gasteiger partial charge in [0.1, 0.15) is 11.7 Å². The van der Waals surface area contributed by atoms with Crippen LogP contribution in [0.25, 0.3) is 0 Å². The van der Waals surface area contributed by atoms with E-state index in [1.807, 2.05) is 13.8 Å². The molecule has 3 heteroatoms. The normalized spacial score (nSPS) is 20.7. The zero-order valence-electron chi connectivity index (χ0n) is 8.91. The minimum Gasteiger partial charge on any atom is -0.456 e. The molecule has 1 saturated carbocycles. The molecule has 0 spiro atoms. The first-order valence-electron chi connectivity index (χ1n) is 5.11. The van der Waals surface area contributed by atoms with E-state index in [0.717, 1.165) is 19.3 Å². The van der Waals surface area contributed by atoms with Crippen LogP contribution in [-0.2, 0) is 14.3 Å². The summed E-state index contributed by atoms with van der Waals surface area (Å²) in [5.41, 5.74) is -0.229. The van der Waals surface area contributed by atoms with E-state index >= 15 is 0 Å². The molecule has 1 atom stereocenters. The van der Waals surface area contributed by atoms with Crippen molar-refractivity contribution in [2.45, 2.75) is 44.8 Å². The molecule has 1 fully saturated rings. The van der Waals surface area contributed by atoms with Gasteiger partial charge in [0.2, 0.25) is 0 Å². The van der Waals surface area contributed by atoms with Gasteiger partial charge in [-0.15, -0.1) is 0 Å². The fraction of sp³-hybridized carbons (Fsp3) is 0.727. The molecule has 0 radical (unpaired) electrons. The molecule has 3 nitrogen and oxygen atoms in total. The van der Waals surface area contributed by atoms with Crippen LogP contribution < -0.4 is 0 Å². The second-order valence-electron chi connectivity index (χ2n) is 3.63. The Bertz CT molecular complexity index is 219. The van der Waals surface area contributed by atoms with Crippen LogP contribution >= 0.6 is 0 Å². The molecule has 1 aliphatic rings. The van der Waals surface area contributed by atoms with Crippen molar-refractivity contribution in [3.05, 3.63) is 12.7 Å². The Kier molecular flexibility index (Phi) is 3.69. The van der Waals surface area contributed by atoms with Crippen molar-refractivity contribution in [3.8, 4) is 0 Å². The standard InChI is InChI=1S/C11H18O3/c1-4-10(12)14-9(3)11(13-5-2)7-6-8-11/h4,9H,1,5-8H2,2-3H3. The van der Waals surface area contributed by atoms with E-state index in [9.17, 15) is 4.79 Å². The second-order valence-corrected chi connectivity index (χ2v) is 3.63. The Morgan fingerprint density at radius 3 is 2.64 bits per heavy atom. The molecular formula is C11H18O3. The highest BCUT2D eigenvalue weighted by Crippen LogP contribution is 2.39. The number of hydrogen-bond acceptors (Lipinski definition) is 3. The number of carbonyl (C=O) groups excluding carboxylic acids is 1. The molecule has 0 heterocycles. The summed E-state index contributed by atoms with van der Waals surface area (Å²) in [6.07, 6.45) is 4.12. The third-order valence-corrected chi connectivity index (χ3v) is 2.83. The Hall–Kier alpha value is -0.830. The van der Waals surface area contributed by atoms with E-state index < -0.39 is 0 Å². The van der Waals surface area contributed by atoms with E-state index in [1.54, 1.807) is 0 Å². The molecule has 0 amide bonds. The molecular weight excluding hydrogens is 180 g/mol. The lowest BCUT2D eigenvalue weighted by molar-refractivity contribution is -0.185. The molecule has 0 aliphatic heterocycles. The highest BCUT2D eigenvalue weighted by Gasteiger charge is 2.44. The zero-order chi connectivity index (χ0) is 10.6.